The van der Waals surface area contributed by atoms with E-state index in [4.69, 9.17) is 89.4 Å². The van der Waals surface area contributed by atoms with E-state index >= 15 is 0 Å². The van der Waals surface area contributed by atoms with Gasteiger partial charge in [0, 0.05) is 104 Å². The quantitative estimate of drug-likeness (QED) is 0.0595. The molecule has 570 valence electrons. The maximum Gasteiger partial charge on any atom is 0.303 e. The third-order valence-electron chi connectivity index (χ3n) is 19.6. The molecular weight excluding hydrogens is 1440 g/mol. The SMILES string of the molecule is CC(C)(C)Oc1ccc([C@H]2CN(CCCC(=O)O)CCc3c2cc2c(c3Cl)OC(C)(C)O2)cc1.CC(C)(C)Oc1ccc([C@H]2CNCCc3c2cc2c(c3Cl)OC(C)(C)O2)cc1.CC1(C)Oc2cc3c(c(Cl)c2O1)CCNC[C@@H]3c1ccc(O)cc1.Oc1ccc([C@H]2CNCCc3c2cc(O)c(O)c3Cl)cc1. The number of rotatable bonds is 10. The molecule has 8 aromatic rings. The number of aromatic hydroxyl groups is 4. The molecule has 0 radical (unpaired) electrons. The number of carboxylic acid groups (broad SMARTS) is 1. The van der Waals surface area contributed by atoms with Crippen LogP contribution in [0.3, 0.4) is 0 Å². The number of carbonyl (C=O) groups is 1. The van der Waals surface area contributed by atoms with Gasteiger partial charge in [0.25, 0.3) is 0 Å². The number of phenols is 4. The first-order chi connectivity index (χ1) is 50.6. The number of carboxylic acids is 1. The van der Waals surface area contributed by atoms with Crippen LogP contribution in [0, 0.1) is 0 Å². The molecule has 0 aromatic heterocycles. The van der Waals surface area contributed by atoms with Gasteiger partial charge in [0.2, 0.25) is 17.4 Å². The number of hydrogen-bond donors (Lipinski definition) is 8. The molecule has 0 spiro atoms. The Labute approximate surface area is 647 Å². The fourth-order valence-corrected chi connectivity index (χ4v) is 16.3. The summed E-state index contributed by atoms with van der Waals surface area (Å²) in [6.45, 7) is 30.8. The van der Waals surface area contributed by atoms with E-state index in [9.17, 15) is 25.2 Å². The zero-order chi connectivity index (χ0) is 76.7. The highest BCUT2D eigenvalue weighted by Gasteiger charge is 2.41. The van der Waals surface area contributed by atoms with Crippen LogP contribution in [0.4, 0.5) is 0 Å². The van der Waals surface area contributed by atoms with E-state index in [1.807, 2.05) is 111 Å². The van der Waals surface area contributed by atoms with E-state index in [2.05, 4.69) is 84.1 Å². The lowest BCUT2D eigenvalue weighted by Crippen LogP contribution is -2.30. The van der Waals surface area contributed by atoms with Crippen LogP contribution in [-0.2, 0) is 30.5 Å². The molecule has 0 saturated heterocycles. The van der Waals surface area contributed by atoms with Crippen LogP contribution < -0.4 is 53.8 Å². The molecular formula is C85H98Cl4N4O14. The van der Waals surface area contributed by atoms with Crippen molar-refractivity contribution in [3.8, 4) is 69.0 Å². The summed E-state index contributed by atoms with van der Waals surface area (Å²) in [5, 5.41) is 60.3. The number of ether oxygens (including phenoxy) is 8. The molecule has 7 aliphatic rings. The normalized spacial score (nSPS) is 19.8. The number of fused-ring (bicyclic) bond motifs is 7. The minimum atomic E-state index is -0.763. The summed E-state index contributed by atoms with van der Waals surface area (Å²) in [7, 11) is 0. The zero-order valence-corrected chi connectivity index (χ0v) is 65.9. The van der Waals surface area contributed by atoms with Crippen LogP contribution >= 0.6 is 46.4 Å². The summed E-state index contributed by atoms with van der Waals surface area (Å²) in [5.74, 6) is 3.25. The van der Waals surface area contributed by atoms with Gasteiger partial charge in [0.05, 0.1) is 20.1 Å². The molecule has 7 heterocycles. The van der Waals surface area contributed by atoms with Crippen LogP contribution in [0.15, 0.2) is 121 Å². The van der Waals surface area contributed by atoms with E-state index in [1.165, 1.54) is 11.1 Å². The van der Waals surface area contributed by atoms with Crippen molar-refractivity contribution < 1.29 is 68.2 Å². The van der Waals surface area contributed by atoms with E-state index in [-0.39, 0.29) is 69.3 Å². The van der Waals surface area contributed by atoms with Crippen molar-refractivity contribution in [2.45, 2.75) is 174 Å². The number of nitrogens with zero attached hydrogens (tertiary/aromatic N) is 1. The van der Waals surface area contributed by atoms with Gasteiger partial charge in [0.15, 0.2) is 46.0 Å². The third kappa shape index (κ3) is 18.6. The first kappa shape index (κ1) is 78.4. The summed E-state index contributed by atoms with van der Waals surface area (Å²) in [6, 6.07) is 38.8. The Morgan fingerprint density at radius 1 is 0.467 bits per heavy atom. The largest absolute Gasteiger partial charge is 0.508 e. The second-order valence-electron chi connectivity index (χ2n) is 31.6. The van der Waals surface area contributed by atoms with E-state index in [1.54, 1.807) is 30.3 Å². The highest BCUT2D eigenvalue weighted by molar-refractivity contribution is 6.34. The Morgan fingerprint density at radius 3 is 1.16 bits per heavy atom. The van der Waals surface area contributed by atoms with Gasteiger partial charge in [-0.15, -0.1) is 0 Å². The van der Waals surface area contributed by atoms with Crippen LogP contribution in [0.2, 0.25) is 20.1 Å². The second-order valence-corrected chi connectivity index (χ2v) is 33.1. The predicted molar refractivity (Wildman–Crippen MR) is 419 cm³/mol. The standard InChI is InChI=1S/C27H34ClNO5.C23H28ClNO3.C19H20ClNO3.C16H16ClNO3/c1-26(2,3)32-18-10-8-17(9-11-18)21-16-29(13-6-7-23(30)31)14-12-19-20(21)15-22-25(24(19)28)34-27(4,5)33-22;1-22(2,3)26-15-8-6-14(7-9-15)18-13-25-11-10-16-17(18)12-19-21(20(16)24)28-23(4,5)27-19;1-19(2)23-16-9-14-13(17(20)18(16)24-19)7-8-21-10-15(14)11-3-5-12(22)6-4-11;17-15-11-5-6-18-8-13(9-1-3-10(19)4-2-9)12(11)7-14(20)16(15)21/h8-11,15,21H,6-7,12-14,16H2,1-5H3,(H,30,31);6-9,12,18,25H,10-11,13H2,1-5H3;3-6,9,15,21-22H,7-8,10H2,1-2H3;1-4,7,13,18-21H,5-6,8H2/t21-;18-;15-;13-/m1111/s1. The van der Waals surface area contributed by atoms with Gasteiger partial charge in [-0.05, 0) is 239 Å². The molecule has 0 bridgehead atoms. The van der Waals surface area contributed by atoms with Gasteiger partial charge >= 0.3 is 5.97 Å². The van der Waals surface area contributed by atoms with E-state index in [0.717, 1.165) is 145 Å². The Morgan fingerprint density at radius 2 is 0.794 bits per heavy atom. The maximum atomic E-state index is 11.0. The number of hydrogen-bond acceptors (Lipinski definition) is 17. The molecule has 0 aliphatic carbocycles. The first-order valence-electron chi connectivity index (χ1n) is 36.7. The Balaban J connectivity index is 0.000000135. The lowest BCUT2D eigenvalue weighted by atomic mass is 9.87. The molecule has 0 unspecified atom stereocenters. The molecule has 0 fully saturated rings. The molecule has 8 aromatic carbocycles. The summed E-state index contributed by atoms with van der Waals surface area (Å²) < 4.78 is 47.8. The molecule has 4 atom stereocenters. The van der Waals surface area contributed by atoms with Crippen molar-refractivity contribution in [1.29, 1.82) is 0 Å². The fraction of sp³-hybridized carbons (Fsp3) is 0.424. The Kier molecular flexibility index (Phi) is 23.3. The smallest absolute Gasteiger partial charge is 0.303 e. The van der Waals surface area contributed by atoms with Crippen molar-refractivity contribution >= 4 is 52.4 Å². The summed E-state index contributed by atoms with van der Waals surface area (Å²) in [6.07, 6.45) is 3.95. The number of aliphatic carboxylic acids is 1. The average Bonchev–Trinajstić information content (AvgIpc) is 1.65. The minimum absolute atomic E-state index is 0.00657. The minimum Gasteiger partial charge on any atom is -0.508 e. The van der Waals surface area contributed by atoms with Gasteiger partial charge in [-0.25, -0.2) is 0 Å². The maximum absolute atomic E-state index is 11.0. The highest BCUT2D eigenvalue weighted by atomic mass is 35.5. The van der Waals surface area contributed by atoms with Gasteiger partial charge in [-0.1, -0.05) is 94.9 Å². The molecule has 7 aliphatic heterocycles. The van der Waals surface area contributed by atoms with E-state index < -0.39 is 23.3 Å². The number of phenolic OH excluding ortho intramolecular Hbond substituents is 4. The molecule has 15 rings (SSSR count). The Bertz CT molecular complexity index is 4540. The molecule has 8 N–H and O–H groups in total. The van der Waals surface area contributed by atoms with Crippen molar-refractivity contribution in [1.82, 2.24) is 20.9 Å². The number of halogens is 4. The van der Waals surface area contributed by atoms with Crippen molar-refractivity contribution in [2.75, 3.05) is 58.9 Å². The molecule has 22 heteroatoms. The van der Waals surface area contributed by atoms with Gasteiger partial charge in [0.1, 0.15) is 34.2 Å². The fourth-order valence-electron chi connectivity index (χ4n) is 15.0. The topological polar surface area (TPSA) is 231 Å². The molecule has 18 nitrogen and oxygen atoms in total. The van der Waals surface area contributed by atoms with Crippen molar-refractivity contribution in [3.05, 3.63) is 208 Å². The van der Waals surface area contributed by atoms with Crippen LogP contribution in [0.1, 0.15) is 186 Å². The monoisotopic (exact) mass is 1540 g/mol. The number of nitrogens with one attached hydrogen (secondary N) is 3. The Hall–Kier alpha value is -8.17. The van der Waals surface area contributed by atoms with Crippen LogP contribution in [0.25, 0.3) is 0 Å². The molecule has 107 heavy (non-hydrogen) atoms. The van der Waals surface area contributed by atoms with Gasteiger partial charge in [-0.3, -0.25) is 4.79 Å². The molecule has 0 saturated carbocycles. The molecule has 0 amide bonds. The van der Waals surface area contributed by atoms with Crippen LogP contribution in [-0.4, -0.2) is 124 Å². The lowest BCUT2D eigenvalue weighted by molar-refractivity contribution is -0.137. The number of benzene rings is 8. The first-order valence-corrected chi connectivity index (χ1v) is 38.2. The average molecular weight is 1540 g/mol. The zero-order valence-electron chi connectivity index (χ0n) is 62.8. The second kappa shape index (κ2) is 31.8. The summed E-state index contributed by atoms with van der Waals surface area (Å²) in [4.78, 5) is 13.4. The van der Waals surface area contributed by atoms with E-state index in [0.29, 0.717) is 63.2 Å². The van der Waals surface area contributed by atoms with Crippen molar-refractivity contribution in [2.24, 2.45) is 0 Å². The lowest BCUT2D eigenvalue weighted by Gasteiger charge is -2.26. The summed E-state index contributed by atoms with van der Waals surface area (Å²) in [5.41, 5.74) is 12.7. The van der Waals surface area contributed by atoms with Gasteiger partial charge < -0.3 is 84.3 Å². The van der Waals surface area contributed by atoms with Crippen molar-refractivity contribution in [3.63, 3.8) is 0 Å². The van der Waals surface area contributed by atoms with Gasteiger partial charge in [-0.2, -0.15) is 0 Å². The summed E-state index contributed by atoms with van der Waals surface area (Å²) >= 11 is 26.5. The highest BCUT2D eigenvalue weighted by Crippen LogP contribution is 2.54. The van der Waals surface area contributed by atoms with Crippen LogP contribution in [0.5, 0.6) is 69.0 Å². The third-order valence-corrected chi connectivity index (χ3v) is 21.2. The predicted octanol–water partition coefficient (Wildman–Crippen LogP) is 17.7.